The van der Waals surface area contributed by atoms with E-state index in [0.717, 1.165) is 29.0 Å². The summed E-state index contributed by atoms with van der Waals surface area (Å²) in [7, 11) is 3.22. The van der Waals surface area contributed by atoms with E-state index in [1.54, 1.807) is 19.1 Å². The van der Waals surface area contributed by atoms with Gasteiger partial charge in [-0.2, -0.15) is 0 Å². The third kappa shape index (κ3) is 3.42. The second-order valence-corrected chi connectivity index (χ2v) is 6.97. The van der Waals surface area contributed by atoms with Gasteiger partial charge in [0.05, 0.1) is 26.3 Å². The van der Waals surface area contributed by atoms with Crippen molar-refractivity contribution in [3.05, 3.63) is 59.7 Å². The molecule has 1 saturated heterocycles. The van der Waals surface area contributed by atoms with Crippen LogP contribution in [0.5, 0.6) is 11.5 Å². The maximum Gasteiger partial charge on any atom is 0.210 e. The lowest BCUT2D eigenvalue weighted by Crippen LogP contribution is -2.48. The minimum Gasteiger partial charge on any atom is -0.497 e. The molecule has 3 rings (SSSR count). The van der Waals surface area contributed by atoms with Crippen molar-refractivity contribution in [2.75, 3.05) is 14.2 Å². The Morgan fingerprint density at radius 1 is 0.778 bits per heavy atom. The summed E-state index contributed by atoms with van der Waals surface area (Å²) in [6.45, 7) is 3.79. The second kappa shape index (κ2) is 7.82. The lowest BCUT2D eigenvalue weighted by atomic mass is 9.75. The van der Waals surface area contributed by atoms with Crippen LogP contribution in [0.2, 0.25) is 0 Å². The minimum absolute atomic E-state index is 0.162. The normalized spacial score (nSPS) is 25.2. The van der Waals surface area contributed by atoms with Crippen LogP contribution in [0.4, 0.5) is 0 Å². The van der Waals surface area contributed by atoms with Crippen LogP contribution in [0.25, 0.3) is 0 Å². The fraction of sp³-hybridized carbons (Fsp3) is 0.364. The number of nitrogens with zero attached hydrogens (tertiary/aromatic N) is 1. The molecule has 0 N–H and O–H groups in total. The highest BCUT2D eigenvalue weighted by Gasteiger charge is 2.45. The number of likely N-dealkylation sites (tertiary alicyclic amines) is 1. The van der Waals surface area contributed by atoms with E-state index in [9.17, 15) is 9.59 Å². The van der Waals surface area contributed by atoms with Crippen LogP contribution >= 0.6 is 0 Å². The third-order valence-electron chi connectivity index (χ3n) is 5.52. The predicted octanol–water partition coefficient (Wildman–Crippen LogP) is 3.80. The molecule has 1 amide bonds. The highest BCUT2D eigenvalue weighted by atomic mass is 16.5. The number of benzene rings is 2. The van der Waals surface area contributed by atoms with Gasteiger partial charge in [-0.3, -0.25) is 9.59 Å². The summed E-state index contributed by atoms with van der Waals surface area (Å²) < 4.78 is 10.5. The van der Waals surface area contributed by atoms with Gasteiger partial charge in [-0.05, 0) is 35.4 Å². The summed E-state index contributed by atoms with van der Waals surface area (Å²) in [4.78, 5) is 26.9. The van der Waals surface area contributed by atoms with E-state index in [2.05, 4.69) is 0 Å². The molecule has 0 spiro atoms. The van der Waals surface area contributed by atoms with Crippen LogP contribution in [-0.4, -0.2) is 31.3 Å². The van der Waals surface area contributed by atoms with Crippen LogP contribution in [0.15, 0.2) is 48.5 Å². The van der Waals surface area contributed by atoms with Crippen molar-refractivity contribution in [3.63, 3.8) is 0 Å². The quantitative estimate of drug-likeness (QED) is 0.755. The van der Waals surface area contributed by atoms with E-state index in [1.165, 1.54) is 0 Å². The van der Waals surface area contributed by atoms with Crippen molar-refractivity contribution < 1.29 is 19.1 Å². The standard InChI is InChI=1S/C22H25NO4/c1-14-20(16-5-9-18(26-3)10-6-16)23(13-24)21(15(2)22(14)25)17-7-11-19(27-4)12-8-17/h5-15,20-21H,1-4H3/t14-,15+,20+,21-. The molecule has 1 aliphatic heterocycles. The maximum absolute atomic E-state index is 13.0. The Morgan fingerprint density at radius 2 is 1.15 bits per heavy atom. The van der Waals surface area contributed by atoms with Gasteiger partial charge < -0.3 is 14.4 Å². The maximum atomic E-state index is 13.0. The third-order valence-corrected chi connectivity index (χ3v) is 5.52. The van der Waals surface area contributed by atoms with Crippen LogP contribution < -0.4 is 9.47 Å². The zero-order valence-corrected chi connectivity index (χ0v) is 16.1. The van der Waals surface area contributed by atoms with Crippen molar-refractivity contribution >= 4 is 12.2 Å². The average Bonchev–Trinajstić information content (AvgIpc) is 2.72. The number of carbonyl (C=O) groups excluding carboxylic acids is 2. The highest BCUT2D eigenvalue weighted by molar-refractivity contribution is 5.86. The number of methoxy groups -OCH3 is 2. The van der Waals surface area contributed by atoms with E-state index in [0.29, 0.717) is 0 Å². The SMILES string of the molecule is COc1ccc([C@@H]2[C@@H](C)C(=O)[C@@H](C)[C@H](c3ccc(OC)cc3)N2C=O)cc1. The van der Waals surface area contributed by atoms with Gasteiger partial charge in [-0.1, -0.05) is 38.1 Å². The van der Waals surface area contributed by atoms with Crippen molar-refractivity contribution in [1.82, 2.24) is 4.90 Å². The summed E-state index contributed by atoms with van der Waals surface area (Å²) in [5.74, 6) is 1.08. The molecule has 0 radical (unpaired) electrons. The van der Waals surface area contributed by atoms with Crippen LogP contribution in [-0.2, 0) is 9.59 Å². The molecule has 0 bridgehead atoms. The number of ketones is 1. The molecule has 1 fully saturated rings. The predicted molar refractivity (Wildman–Crippen MR) is 103 cm³/mol. The zero-order chi connectivity index (χ0) is 19.6. The molecule has 27 heavy (non-hydrogen) atoms. The Labute approximate surface area is 159 Å². The van der Waals surface area contributed by atoms with Crippen LogP contribution in [0.1, 0.15) is 37.1 Å². The fourth-order valence-corrected chi connectivity index (χ4v) is 4.07. The molecule has 5 heteroatoms. The Morgan fingerprint density at radius 3 is 1.44 bits per heavy atom. The summed E-state index contributed by atoms with van der Waals surface area (Å²) in [6, 6.07) is 14.5. The summed E-state index contributed by atoms with van der Waals surface area (Å²) in [5.41, 5.74) is 1.85. The molecular formula is C22H25NO4. The molecule has 2 aromatic rings. The molecule has 0 unspecified atom stereocenters. The monoisotopic (exact) mass is 367 g/mol. The summed E-state index contributed by atoms with van der Waals surface area (Å²) >= 11 is 0. The van der Waals surface area contributed by atoms with Crippen LogP contribution in [0, 0.1) is 11.8 Å². The first-order valence-corrected chi connectivity index (χ1v) is 9.06. The van der Waals surface area contributed by atoms with Gasteiger partial charge in [-0.15, -0.1) is 0 Å². The molecule has 1 heterocycles. The first kappa shape index (κ1) is 19.0. The molecule has 142 valence electrons. The second-order valence-electron chi connectivity index (χ2n) is 6.97. The van der Waals surface area contributed by atoms with Crippen LogP contribution in [0.3, 0.4) is 0 Å². The zero-order valence-electron chi connectivity index (χ0n) is 16.1. The summed E-state index contributed by atoms with van der Waals surface area (Å²) in [6.07, 6.45) is 0.864. The number of amides is 1. The number of hydrogen-bond donors (Lipinski definition) is 0. The van der Waals surface area contributed by atoms with Gasteiger partial charge in [0.25, 0.3) is 0 Å². The van der Waals surface area contributed by atoms with Gasteiger partial charge in [0.1, 0.15) is 17.3 Å². The molecule has 0 aromatic heterocycles. The number of rotatable bonds is 5. The average molecular weight is 367 g/mol. The van der Waals surface area contributed by atoms with E-state index in [-0.39, 0.29) is 29.7 Å². The fourth-order valence-electron chi connectivity index (χ4n) is 4.07. The molecule has 0 aliphatic carbocycles. The summed E-state index contributed by atoms with van der Waals surface area (Å²) in [5, 5.41) is 0. The number of Topliss-reactive ketones (excluding diaryl/α,β-unsaturated/α-hetero) is 1. The Balaban J connectivity index is 2.04. The lowest BCUT2D eigenvalue weighted by Gasteiger charge is -2.46. The van der Waals surface area contributed by atoms with Crippen molar-refractivity contribution in [2.24, 2.45) is 11.8 Å². The van der Waals surface area contributed by atoms with Gasteiger partial charge in [0, 0.05) is 11.8 Å². The number of carbonyl (C=O) groups is 2. The lowest BCUT2D eigenvalue weighted by molar-refractivity contribution is -0.144. The molecular weight excluding hydrogens is 342 g/mol. The Hall–Kier alpha value is -2.82. The van der Waals surface area contributed by atoms with Crippen molar-refractivity contribution in [3.8, 4) is 11.5 Å². The molecule has 5 nitrogen and oxygen atoms in total. The van der Waals surface area contributed by atoms with E-state index in [1.807, 2.05) is 62.4 Å². The van der Waals surface area contributed by atoms with Gasteiger partial charge in [0.2, 0.25) is 6.41 Å². The number of piperidine rings is 1. The van der Waals surface area contributed by atoms with E-state index in [4.69, 9.17) is 9.47 Å². The van der Waals surface area contributed by atoms with Crippen molar-refractivity contribution in [2.45, 2.75) is 25.9 Å². The topological polar surface area (TPSA) is 55.8 Å². The first-order valence-electron chi connectivity index (χ1n) is 9.06. The molecule has 2 aromatic carbocycles. The largest absolute Gasteiger partial charge is 0.497 e. The van der Waals surface area contributed by atoms with Gasteiger partial charge >= 0.3 is 0 Å². The minimum atomic E-state index is -0.316. The Kier molecular flexibility index (Phi) is 5.49. The first-order chi connectivity index (χ1) is 13.0. The van der Waals surface area contributed by atoms with Gasteiger partial charge in [-0.25, -0.2) is 0 Å². The van der Waals surface area contributed by atoms with Gasteiger partial charge in [0.15, 0.2) is 0 Å². The highest BCUT2D eigenvalue weighted by Crippen LogP contribution is 2.45. The Bertz CT molecular complexity index is 737. The van der Waals surface area contributed by atoms with Crippen molar-refractivity contribution in [1.29, 1.82) is 0 Å². The number of hydrogen-bond acceptors (Lipinski definition) is 4. The molecule has 0 saturated carbocycles. The van der Waals surface area contributed by atoms with E-state index >= 15 is 0 Å². The molecule has 1 aliphatic rings. The smallest absolute Gasteiger partial charge is 0.210 e. The number of ether oxygens (including phenoxy) is 2. The van der Waals surface area contributed by atoms with E-state index < -0.39 is 0 Å². The molecule has 4 atom stereocenters.